The van der Waals surface area contributed by atoms with Crippen molar-refractivity contribution in [2.24, 2.45) is 10.9 Å². The largest absolute Gasteiger partial charge is 0.406 e. The first kappa shape index (κ1) is 25.8. The van der Waals surface area contributed by atoms with Crippen LogP contribution < -0.4 is 16.0 Å². The molecule has 2 atom stereocenters. The lowest BCUT2D eigenvalue weighted by Gasteiger charge is -2.30. The van der Waals surface area contributed by atoms with Crippen LogP contribution in [-0.4, -0.2) is 67.6 Å². The lowest BCUT2D eigenvalue weighted by molar-refractivity contribution is -0.157. The molecule has 168 valence electrons. The SMILES string of the molecule is CCNC(=NCC(=O)N(C)CC(F)(F)F)NC1CCCC(C(=O)NC2CC2)C1.I. The first-order valence-corrected chi connectivity index (χ1v) is 9.84. The average molecular weight is 533 g/mol. The molecular formula is C18H31F3IN5O2. The molecule has 0 aromatic carbocycles. The van der Waals surface area contributed by atoms with E-state index in [4.69, 9.17) is 0 Å². The van der Waals surface area contributed by atoms with E-state index >= 15 is 0 Å². The van der Waals surface area contributed by atoms with Gasteiger partial charge in [0.2, 0.25) is 11.8 Å². The molecule has 0 heterocycles. The number of nitrogens with zero attached hydrogens (tertiary/aromatic N) is 2. The summed E-state index contributed by atoms with van der Waals surface area (Å²) in [5.74, 6) is -0.279. The average Bonchev–Trinajstić information content (AvgIpc) is 3.42. The van der Waals surface area contributed by atoms with Gasteiger partial charge in [-0.1, -0.05) is 6.42 Å². The number of hydrogen-bond donors (Lipinski definition) is 3. The Hall–Kier alpha value is -1.27. The fraction of sp³-hybridized carbons (Fsp3) is 0.833. The summed E-state index contributed by atoms with van der Waals surface area (Å²) in [4.78, 5) is 28.9. The number of likely N-dealkylation sites (N-methyl/N-ethyl adjacent to an activating group) is 1. The van der Waals surface area contributed by atoms with E-state index in [1.54, 1.807) is 0 Å². The Morgan fingerprint density at radius 1 is 1.10 bits per heavy atom. The van der Waals surface area contributed by atoms with E-state index in [0.29, 0.717) is 29.9 Å². The maximum Gasteiger partial charge on any atom is 0.406 e. The van der Waals surface area contributed by atoms with E-state index in [1.807, 2.05) is 6.92 Å². The molecule has 0 aromatic rings. The van der Waals surface area contributed by atoms with Gasteiger partial charge in [-0.3, -0.25) is 9.59 Å². The minimum Gasteiger partial charge on any atom is -0.357 e. The van der Waals surface area contributed by atoms with Gasteiger partial charge in [0.25, 0.3) is 0 Å². The minimum absolute atomic E-state index is 0. The van der Waals surface area contributed by atoms with Crippen LogP contribution in [0.3, 0.4) is 0 Å². The maximum atomic E-state index is 12.4. The normalized spacial score (nSPS) is 22.3. The van der Waals surface area contributed by atoms with Crippen LogP contribution in [0, 0.1) is 5.92 Å². The molecule has 0 aliphatic heterocycles. The van der Waals surface area contributed by atoms with Gasteiger partial charge in [-0.2, -0.15) is 13.2 Å². The number of nitrogens with one attached hydrogen (secondary N) is 3. The van der Waals surface area contributed by atoms with E-state index in [2.05, 4.69) is 20.9 Å². The highest BCUT2D eigenvalue weighted by Crippen LogP contribution is 2.26. The van der Waals surface area contributed by atoms with Gasteiger partial charge in [-0.15, -0.1) is 24.0 Å². The number of halogens is 4. The number of guanidine groups is 1. The van der Waals surface area contributed by atoms with Crippen LogP contribution in [0.5, 0.6) is 0 Å². The third-order valence-electron chi connectivity index (χ3n) is 4.87. The standard InChI is InChI=1S/C18H30F3N5O2.HI/c1-3-22-17(23-10-15(27)26(2)11-18(19,20)21)25-14-6-4-5-12(9-14)16(28)24-13-7-8-13;/h12-14H,3-11H2,1-2H3,(H,24,28)(H2,22,23,25);1H. The third kappa shape index (κ3) is 9.85. The van der Waals surface area contributed by atoms with Crippen LogP contribution in [0.4, 0.5) is 13.2 Å². The fourth-order valence-corrected chi connectivity index (χ4v) is 3.24. The van der Waals surface area contributed by atoms with E-state index in [-0.39, 0.29) is 48.4 Å². The zero-order chi connectivity index (χ0) is 20.7. The number of alkyl halides is 3. The molecule has 2 amide bonds. The van der Waals surface area contributed by atoms with Crippen molar-refractivity contribution in [2.45, 2.75) is 63.7 Å². The first-order chi connectivity index (χ1) is 13.2. The van der Waals surface area contributed by atoms with Gasteiger partial charge in [0, 0.05) is 31.6 Å². The summed E-state index contributed by atoms with van der Waals surface area (Å²) in [7, 11) is 1.11. The summed E-state index contributed by atoms with van der Waals surface area (Å²) >= 11 is 0. The number of rotatable bonds is 7. The van der Waals surface area contributed by atoms with Crippen LogP contribution in [0.2, 0.25) is 0 Å². The summed E-state index contributed by atoms with van der Waals surface area (Å²) in [6.07, 6.45) is 0.972. The van der Waals surface area contributed by atoms with Crippen LogP contribution in [0.15, 0.2) is 4.99 Å². The second kappa shape index (κ2) is 11.8. The number of carbonyl (C=O) groups excluding carboxylic acids is 2. The first-order valence-electron chi connectivity index (χ1n) is 9.84. The van der Waals surface area contributed by atoms with Gasteiger partial charge in [0.15, 0.2) is 5.96 Å². The zero-order valence-electron chi connectivity index (χ0n) is 16.8. The van der Waals surface area contributed by atoms with E-state index in [9.17, 15) is 22.8 Å². The van der Waals surface area contributed by atoms with Crippen molar-refractivity contribution in [1.82, 2.24) is 20.9 Å². The highest BCUT2D eigenvalue weighted by atomic mass is 127. The van der Waals surface area contributed by atoms with Crippen LogP contribution in [0.25, 0.3) is 0 Å². The lowest BCUT2D eigenvalue weighted by atomic mass is 9.85. The van der Waals surface area contributed by atoms with Crippen molar-refractivity contribution < 1.29 is 22.8 Å². The van der Waals surface area contributed by atoms with Crippen molar-refractivity contribution in [2.75, 3.05) is 26.7 Å². The van der Waals surface area contributed by atoms with E-state index < -0.39 is 18.6 Å². The Morgan fingerprint density at radius 2 is 1.79 bits per heavy atom. The van der Waals surface area contributed by atoms with Crippen molar-refractivity contribution in [1.29, 1.82) is 0 Å². The second-order valence-corrected chi connectivity index (χ2v) is 7.55. The Bertz CT molecular complexity index is 584. The molecule has 2 fully saturated rings. The van der Waals surface area contributed by atoms with Gasteiger partial charge < -0.3 is 20.9 Å². The third-order valence-corrected chi connectivity index (χ3v) is 4.87. The molecular weight excluding hydrogens is 502 g/mol. The molecule has 0 bridgehead atoms. The second-order valence-electron chi connectivity index (χ2n) is 7.55. The molecule has 2 aliphatic carbocycles. The summed E-state index contributed by atoms with van der Waals surface area (Å²) in [6.45, 7) is 0.740. The van der Waals surface area contributed by atoms with Crippen molar-refractivity contribution in [3.8, 4) is 0 Å². The van der Waals surface area contributed by atoms with Crippen molar-refractivity contribution in [3.63, 3.8) is 0 Å². The van der Waals surface area contributed by atoms with Gasteiger partial charge in [-0.25, -0.2) is 4.99 Å². The minimum atomic E-state index is -4.44. The van der Waals surface area contributed by atoms with Gasteiger partial charge in [-0.05, 0) is 39.0 Å². The molecule has 2 saturated carbocycles. The number of aliphatic imine (C=N–C) groups is 1. The molecule has 0 radical (unpaired) electrons. The summed E-state index contributed by atoms with van der Waals surface area (Å²) in [5.41, 5.74) is 0. The predicted molar refractivity (Wildman–Crippen MR) is 115 cm³/mol. The Labute approximate surface area is 186 Å². The summed E-state index contributed by atoms with van der Waals surface area (Å²) in [6, 6.07) is 0.365. The Balaban J connectivity index is 0.00000420. The molecule has 2 rings (SSSR count). The predicted octanol–water partition coefficient (Wildman–Crippen LogP) is 2.02. The van der Waals surface area contributed by atoms with Crippen molar-refractivity contribution in [3.05, 3.63) is 0 Å². The topological polar surface area (TPSA) is 85.8 Å². The highest BCUT2D eigenvalue weighted by Gasteiger charge is 2.32. The van der Waals surface area contributed by atoms with Gasteiger partial charge >= 0.3 is 6.18 Å². The van der Waals surface area contributed by atoms with Crippen molar-refractivity contribution >= 4 is 41.8 Å². The summed E-state index contributed by atoms with van der Waals surface area (Å²) < 4.78 is 37.2. The van der Waals surface area contributed by atoms with E-state index in [0.717, 1.165) is 39.2 Å². The van der Waals surface area contributed by atoms with E-state index in [1.165, 1.54) is 0 Å². The summed E-state index contributed by atoms with van der Waals surface area (Å²) in [5, 5.41) is 9.26. The molecule has 7 nitrogen and oxygen atoms in total. The monoisotopic (exact) mass is 533 g/mol. The smallest absolute Gasteiger partial charge is 0.357 e. The molecule has 0 aromatic heterocycles. The van der Waals surface area contributed by atoms with Crippen LogP contribution in [-0.2, 0) is 9.59 Å². The Morgan fingerprint density at radius 3 is 2.38 bits per heavy atom. The van der Waals surface area contributed by atoms with Crippen LogP contribution >= 0.6 is 24.0 Å². The number of carbonyl (C=O) groups is 2. The fourth-order valence-electron chi connectivity index (χ4n) is 3.24. The molecule has 2 unspecified atom stereocenters. The maximum absolute atomic E-state index is 12.4. The zero-order valence-corrected chi connectivity index (χ0v) is 19.2. The van der Waals surface area contributed by atoms with Gasteiger partial charge in [0.05, 0.1) is 0 Å². The molecule has 3 N–H and O–H groups in total. The van der Waals surface area contributed by atoms with Crippen LogP contribution in [0.1, 0.15) is 45.4 Å². The number of amides is 2. The quantitative estimate of drug-likeness (QED) is 0.266. The highest BCUT2D eigenvalue weighted by molar-refractivity contribution is 14.0. The molecule has 0 saturated heterocycles. The lowest BCUT2D eigenvalue weighted by Crippen LogP contribution is -2.47. The molecule has 2 aliphatic rings. The molecule has 0 spiro atoms. The number of hydrogen-bond acceptors (Lipinski definition) is 3. The molecule has 11 heteroatoms. The van der Waals surface area contributed by atoms with Gasteiger partial charge in [0.1, 0.15) is 13.1 Å². The molecule has 29 heavy (non-hydrogen) atoms. The Kier molecular flexibility index (Phi) is 10.5.